The Morgan fingerprint density at radius 1 is 0.246 bits per heavy atom. The highest BCUT2D eigenvalue weighted by atomic mass is 32.1. The Morgan fingerprint density at radius 2 is 0.681 bits per heavy atom. The Kier molecular flexibility index (Phi) is 9.00. The molecule has 0 aliphatic rings. The first kappa shape index (κ1) is 39.2. The van der Waals surface area contributed by atoms with E-state index in [4.69, 9.17) is 15.0 Å². The van der Waals surface area contributed by atoms with Gasteiger partial charge in [-0.05, 0) is 101 Å². The number of rotatable bonds is 7. The van der Waals surface area contributed by atoms with Crippen molar-refractivity contribution in [3.8, 4) is 67.8 Å². The summed E-state index contributed by atoms with van der Waals surface area (Å²) in [6, 6.07) is 84.6. The first-order chi connectivity index (χ1) is 34.2. The third-order valence-electron chi connectivity index (χ3n) is 13.6. The third-order valence-corrected chi connectivity index (χ3v) is 14.7. The summed E-state index contributed by atoms with van der Waals surface area (Å²) in [5.41, 5.74) is 14.2. The number of aromatic nitrogens is 5. The summed E-state index contributed by atoms with van der Waals surface area (Å²) >= 11 is 1.80. The second kappa shape index (κ2) is 15.8. The SMILES string of the molecule is c1ccc(-c2ccc3c(c2)c2ccccc2n3-c2cccc(-c3nc(-c4cccc(-c5ccc6c(c5)c5ccccc5n6-c5ccccc5)c4)nc(-c4ccc5c(c4)sc4ccccc45)n3)c2)cc1. The minimum atomic E-state index is 0.612. The molecule has 6 heteroatoms. The molecule has 0 aliphatic carbocycles. The highest BCUT2D eigenvalue weighted by Crippen LogP contribution is 2.40. The lowest BCUT2D eigenvalue weighted by molar-refractivity contribution is 1.07. The van der Waals surface area contributed by atoms with Gasteiger partial charge in [-0.2, -0.15) is 0 Å². The average Bonchev–Trinajstić information content (AvgIpc) is 4.08. The average molecular weight is 898 g/mol. The predicted molar refractivity (Wildman–Crippen MR) is 289 cm³/mol. The Morgan fingerprint density at radius 3 is 1.36 bits per heavy atom. The first-order valence-electron chi connectivity index (χ1n) is 23.3. The van der Waals surface area contributed by atoms with Crippen LogP contribution in [0.3, 0.4) is 0 Å². The standard InChI is InChI=1S/C63H39N5S/c1-3-15-40(16-4-1)42-30-33-58-53(37-42)50-24-8-11-27-56(50)68(58)48-22-14-19-45(36-48)62-64-61(65-63(66-62)46-29-32-52-51-25-9-12-28-59(51)69-60(52)39-46)44-18-13-17-41(35-44)43-31-34-57-54(38-43)49-23-7-10-26-55(49)67(57)47-20-5-2-6-21-47/h1-39H. The van der Waals surface area contributed by atoms with E-state index in [2.05, 4.69) is 246 Å². The molecule has 0 atom stereocenters. The zero-order valence-electron chi connectivity index (χ0n) is 37.2. The van der Waals surface area contributed by atoms with Crippen LogP contribution in [0.2, 0.25) is 0 Å². The minimum absolute atomic E-state index is 0.612. The van der Waals surface area contributed by atoms with Crippen molar-refractivity contribution in [2.45, 2.75) is 0 Å². The van der Waals surface area contributed by atoms with Gasteiger partial charge in [0.25, 0.3) is 0 Å². The summed E-state index contributed by atoms with van der Waals surface area (Å²) < 4.78 is 7.18. The molecular weight excluding hydrogens is 859 g/mol. The molecule has 0 unspecified atom stereocenters. The van der Waals surface area contributed by atoms with Crippen molar-refractivity contribution in [2.75, 3.05) is 0 Å². The second-order valence-corrected chi connectivity index (χ2v) is 18.7. The lowest BCUT2D eigenvalue weighted by atomic mass is 10.0. The van der Waals surface area contributed by atoms with Gasteiger partial charge in [0.15, 0.2) is 17.5 Å². The van der Waals surface area contributed by atoms with Crippen LogP contribution in [0.25, 0.3) is 132 Å². The molecule has 0 N–H and O–H groups in total. The zero-order chi connectivity index (χ0) is 45.4. The van der Waals surface area contributed by atoms with Crippen LogP contribution in [0.15, 0.2) is 237 Å². The normalized spacial score (nSPS) is 11.8. The van der Waals surface area contributed by atoms with Crippen molar-refractivity contribution in [1.82, 2.24) is 24.1 Å². The number of para-hydroxylation sites is 3. The molecule has 4 heterocycles. The summed E-state index contributed by atoms with van der Waals surface area (Å²) in [6.07, 6.45) is 0. The van der Waals surface area contributed by atoms with E-state index in [0.717, 1.165) is 50.2 Å². The molecule has 0 aliphatic heterocycles. The second-order valence-electron chi connectivity index (χ2n) is 17.6. The molecule has 0 fully saturated rings. The molecule has 322 valence electrons. The van der Waals surface area contributed by atoms with Gasteiger partial charge in [0, 0.05) is 69.8 Å². The van der Waals surface area contributed by atoms with Crippen LogP contribution in [0.5, 0.6) is 0 Å². The van der Waals surface area contributed by atoms with Gasteiger partial charge in [0.1, 0.15) is 0 Å². The molecule has 0 bridgehead atoms. The summed E-state index contributed by atoms with van der Waals surface area (Å²) in [5.74, 6) is 1.86. The van der Waals surface area contributed by atoms with E-state index < -0.39 is 0 Å². The van der Waals surface area contributed by atoms with Crippen LogP contribution >= 0.6 is 11.3 Å². The first-order valence-corrected chi connectivity index (χ1v) is 24.1. The third kappa shape index (κ3) is 6.56. The quantitative estimate of drug-likeness (QED) is 0.160. The largest absolute Gasteiger partial charge is 0.309 e. The van der Waals surface area contributed by atoms with E-state index in [0.29, 0.717) is 17.5 Å². The van der Waals surface area contributed by atoms with Crippen LogP contribution < -0.4 is 0 Å². The molecule has 14 aromatic rings. The van der Waals surface area contributed by atoms with Gasteiger partial charge in [0.2, 0.25) is 0 Å². The van der Waals surface area contributed by atoms with Gasteiger partial charge in [-0.1, -0.05) is 158 Å². The number of benzene rings is 10. The molecule has 5 nitrogen and oxygen atoms in total. The molecule has 69 heavy (non-hydrogen) atoms. The Labute approximate surface area is 401 Å². The maximum atomic E-state index is 5.32. The monoisotopic (exact) mass is 897 g/mol. The lowest BCUT2D eigenvalue weighted by Gasteiger charge is -2.12. The van der Waals surface area contributed by atoms with Crippen LogP contribution in [0.4, 0.5) is 0 Å². The number of hydrogen-bond acceptors (Lipinski definition) is 4. The fraction of sp³-hybridized carbons (Fsp3) is 0. The van der Waals surface area contributed by atoms with Crippen molar-refractivity contribution < 1.29 is 0 Å². The molecule has 0 saturated heterocycles. The van der Waals surface area contributed by atoms with Crippen LogP contribution in [-0.2, 0) is 0 Å². The maximum absolute atomic E-state index is 5.32. The van der Waals surface area contributed by atoms with Crippen molar-refractivity contribution in [1.29, 1.82) is 0 Å². The Hall–Kier alpha value is -8.97. The molecule has 4 aromatic heterocycles. The van der Waals surface area contributed by atoms with E-state index in [9.17, 15) is 0 Å². The molecule has 14 rings (SSSR count). The van der Waals surface area contributed by atoms with E-state index in [1.54, 1.807) is 11.3 Å². The van der Waals surface area contributed by atoms with Gasteiger partial charge < -0.3 is 9.13 Å². The Bertz CT molecular complexity index is 4320. The minimum Gasteiger partial charge on any atom is -0.309 e. The number of hydrogen-bond donors (Lipinski definition) is 0. The van der Waals surface area contributed by atoms with Gasteiger partial charge in [-0.15, -0.1) is 11.3 Å². The van der Waals surface area contributed by atoms with Crippen LogP contribution in [0, 0.1) is 0 Å². The van der Waals surface area contributed by atoms with Crippen LogP contribution in [-0.4, -0.2) is 24.1 Å². The number of thiophene rings is 1. The predicted octanol–water partition coefficient (Wildman–Crippen LogP) is 16.8. The molecule has 10 aromatic carbocycles. The van der Waals surface area contributed by atoms with Crippen molar-refractivity contribution in [2.24, 2.45) is 0 Å². The van der Waals surface area contributed by atoms with Crippen LogP contribution in [0.1, 0.15) is 0 Å². The van der Waals surface area contributed by atoms with E-state index >= 15 is 0 Å². The summed E-state index contributed by atoms with van der Waals surface area (Å²) in [7, 11) is 0. The molecule has 0 radical (unpaired) electrons. The van der Waals surface area contributed by atoms with Gasteiger partial charge >= 0.3 is 0 Å². The zero-order valence-corrected chi connectivity index (χ0v) is 38.0. The summed E-state index contributed by atoms with van der Waals surface area (Å²) in [4.78, 5) is 15.9. The van der Waals surface area contributed by atoms with Gasteiger partial charge in [0.05, 0.1) is 22.1 Å². The fourth-order valence-corrected chi connectivity index (χ4v) is 11.5. The van der Waals surface area contributed by atoms with E-state index in [1.165, 1.54) is 63.9 Å². The summed E-state index contributed by atoms with van der Waals surface area (Å²) in [5, 5.41) is 7.34. The number of fused-ring (bicyclic) bond motifs is 9. The smallest absolute Gasteiger partial charge is 0.164 e. The highest BCUT2D eigenvalue weighted by molar-refractivity contribution is 7.25. The van der Waals surface area contributed by atoms with Crippen molar-refractivity contribution in [3.63, 3.8) is 0 Å². The molecule has 0 saturated carbocycles. The van der Waals surface area contributed by atoms with Crippen molar-refractivity contribution in [3.05, 3.63) is 237 Å². The maximum Gasteiger partial charge on any atom is 0.164 e. The molecular formula is C63H39N5S. The highest BCUT2D eigenvalue weighted by Gasteiger charge is 2.19. The van der Waals surface area contributed by atoms with Gasteiger partial charge in [-0.3, -0.25) is 0 Å². The summed E-state index contributed by atoms with van der Waals surface area (Å²) in [6.45, 7) is 0. The van der Waals surface area contributed by atoms with Gasteiger partial charge in [-0.25, -0.2) is 15.0 Å². The molecule has 0 amide bonds. The number of nitrogens with zero attached hydrogens (tertiary/aromatic N) is 5. The fourth-order valence-electron chi connectivity index (χ4n) is 10.3. The van der Waals surface area contributed by atoms with E-state index in [-0.39, 0.29) is 0 Å². The Balaban J connectivity index is 0.919. The van der Waals surface area contributed by atoms with Crippen molar-refractivity contribution >= 4 is 75.1 Å². The van der Waals surface area contributed by atoms with E-state index in [1.807, 2.05) is 0 Å². The molecule has 0 spiro atoms. The lowest BCUT2D eigenvalue weighted by Crippen LogP contribution is -2.01. The topological polar surface area (TPSA) is 48.5 Å².